The van der Waals surface area contributed by atoms with E-state index in [9.17, 15) is 13.2 Å². The van der Waals surface area contributed by atoms with E-state index in [2.05, 4.69) is 11.9 Å². The Labute approximate surface area is 108 Å². The smallest absolute Gasteiger partial charge is 0.369 e. The molecule has 0 aliphatic heterocycles. The molecule has 0 spiro atoms. The van der Waals surface area contributed by atoms with Crippen LogP contribution in [-0.2, 0) is 11.7 Å². The van der Waals surface area contributed by atoms with Crippen LogP contribution in [-0.4, -0.2) is 9.55 Å². The molecule has 2 aromatic rings. The van der Waals surface area contributed by atoms with E-state index < -0.39 is 11.7 Å². The second-order valence-electron chi connectivity index (χ2n) is 5.36. The van der Waals surface area contributed by atoms with Crippen LogP contribution in [0.5, 0.6) is 0 Å². The zero-order chi connectivity index (χ0) is 13.8. The molecule has 3 nitrogen and oxygen atoms in total. The lowest BCUT2D eigenvalue weighted by molar-refractivity contribution is -0.137. The molecule has 0 unspecified atom stereocenters. The van der Waals surface area contributed by atoms with E-state index in [1.807, 2.05) is 4.57 Å². The lowest BCUT2D eigenvalue weighted by Gasteiger charge is -2.40. The van der Waals surface area contributed by atoms with E-state index in [4.69, 9.17) is 5.73 Å². The molecule has 19 heavy (non-hydrogen) atoms. The van der Waals surface area contributed by atoms with Gasteiger partial charge >= 0.3 is 6.18 Å². The lowest BCUT2D eigenvalue weighted by atomic mass is 9.78. The Morgan fingerprint density at radius 3 is 2.53 bits per heavy atom. The Morgan fingerprint density at radius 2 is 2.00 bits per heavy atom. The molecule has 0 saturated heterocycles. The van der Waals surface area contributed by atoms with Crippen LogP contribution in [0, 0.1) is 0 Å². The van der Waals surface area contributed by atoms with Gasteiger partial charge in [-0.2, -0.15) is 13.2 Å². The molecule has 0 bridgehead atoms. The van der Waals surface area contributed by atoms with Crippen molar-refractivity contribution in [1.82, 2.24) is 9.55 Å². The van der Waals surface area contributed by atoms with E-state index >= 15 is 0 Å². The number of nitrogens with two attached hydrogens (primary N) is 1. The van der Waals surface area contributed by atoms with Crippen molar-refractivity contribution in [1.29, 1.82) is 0 Å². The monoisotopic (exact) mass is 269 g/mol. The third kappa shape index (κ3) is 1.77. The van der Waals surface area contributed by atoms with Gasteiger partial charge in [-0.15, -0.1) is 0 Å². The summed E-state index contributed by atoms with van der Waals surface area (Å²) in [7, 11) is 0. The highest BCUT2D eigenvalue weighted by atomic mass is 19.4. The van der Waals surface area contributed by atoms with Crippen LogP contribution in [0.2, 0.25) is 0 Å². The predicted octanol–water partition coefficient (Wildman–Crippen LogP) is 3.54. The Morgan fingerprint density at radius 1 is 1.32 bits per heavy atom. The predicted molar refractivity (Wildman–Crippen MR) is 66.6 cm³/mol. The van der Waals surface area contributed by atoms with Crippen molar-refractivity contribution < 1.29 is 13.2 Å². The third-order valence-corrected chi connectivity index (χ3v) is 3.98. The molecule has 1 aliphatic carbocycles. The number of halogens is 3. The fourth-order valence-electron chi connectivity index (χ4n) is 2.75. The Hall–Kier alpha value is -1.72. The van der Waals surface area contributed by atoms with Gasteiger partial charge < -0.3 is 10.3 Å². The largest absolute Gasteiger partial charge is 0.416 e. The zero-order valence-corrected chi connectivity index (χ0v) is 10.5. The van der Waals surface area contributed by atoms with Gasteiger partial charge in [0.15, 0.2) is 0 Å². The standard InChI is InChI=1S/C13H14F3N3/c1-12(5-2-6-12)19-10-4-3-8(13(14,15)16)7-9(10)18-11(19)17/h3-4,7H,2,5-6H2,1H3,(H2,17,18). The minimum atomic E-state index is -4.35. The molecule has 1 aliphatic rings. The number of alkyl halides is 3. The number of nitrogens with zero attached hydrogens (tertiary/aromatic N) is 2. The highest BCUT2D eigenvalue weighted by Gasteiger charge is 2.37. The highest BCUT2D eigenvalue weighted by Crippen LogP contribution is 2.42. The molecular formula is C13H14F3N3. The molecule has 1 aromatic carbocycles. The number of anilines is 1. The minimum Gasteiger partial charge on any atom is -0.369 e. The summed E-state index contributed by atoms with van der Waals surface area (Å²) >= 11 is 0. The van der Waals surface area contributed by atoms with Gasteiger partial charge in [-0.1, -0.05) is 0 Å². The summed E-state index contributed by atoms with van der Waals surface area (Å²) in [6.45, 7) is 2.06. The van der Waals surface area contributed by atoms with Gasteiger partial charge in [-0.05, 0) is 44.4 Å². The average Bonchev–Trinajstić information content (AvgIpc) is 2.60. The van der Waals surface area contributed by atoms with Crippen LogP contribution in [0.3, 0.4) is 0 Å². The molecule has 1 heterocycles. The van der Waals surface area contributed by atoms with Crippen molar-refractivity contribution in [3.8, 4) is 0 Å². The lowest BCUT2D eigenvalue weighted by Crippen LogP contribution is -2.37. The fourth-order valence-corrected chi connectivity index (χ4v) is 2.75. The number of hydrogen-bond acceptors (Lipinski definition) is 2. The molecule has 3 rings (SSSR count). The minimum absolute atomic E-state index is 0.113. The number of nitrogen functional groups attached to an aromatic ring is 1. The maximum Gasteiger partial charge on any atom is 0.416 e. The Kier molecular flexibility index (Phi) is 2.37. The summed E-state index contributed by atoms with van der Waals surface area (Å²) in [6, 6.07) is 3.61. The topological polar surface area (TPSA) is 43.8 Å². The average molecular weight is 269 g/mol. The number of imidazole rings is 1. The van der Waals surface area contributed by atoms with Crippen molar-refractivity contribution in [2.45, 2.75) is 37.9 Å². The van der Waals surface area contributed by atoms with Gasteiger partial charge in [0.2, 0.25) is 5.95 Å². The normalized spacial score (nSPS) is 18.5. The SMILES string of the molecule is CC1(n2c(N)nc3cc(C(F)(F)F)ccc32)CCC1. The molecule has 1 saturated carbocycles. The summed E-state index contributed by atoms with van der Waals surface area (Å²) in [4.78, 5) is 4.08. The van der Waals surface area contributed by atoms with Gasteiger partial charge in [0.05, 0.1) is 16.6 Å². The first-order chi connectivity index (χ1) is 8.81. The van der Waals surface area contributed by atoms with E-state index in [0.29, 0.717) is 11.0 Å². The van der Waals surface area contributed by atoms with Gasteiger partial charge in [0.1, 0.15) is 0 Å². The molecule has 1 aromatic heterocycles. The van der Waals surface area contributed by atoms with Gasteiger partial charge in [0, 0.05) is 5.54 Å². The summed E-state index contributed by atoms with van der Waals surface area (Å²) < 4.78 is 39.9. The van der Waals surface area contributed by atoms with Crippen molar-refractivity contribution in [3.05, 3.63) is 23.8 Å². The van der Waals surface area contributed by atoms with Crippen LogP contribution < -0.4 is 5.73 Å². The highest BCUT2D eigenvalue weighted by molar-refractivity contribution is 5.79. The first-order valence-electron chi connectivity index (χ1n) is 6.17. The van der Waals surface area contributed by atoms with Crippen LogP contribution in [0.4, 0.5) is 19.1 Å². The Balaban J connectivity index is 2.18. The number of benzene rings is 1. The van der Waals surface area contributed by atoms with Gasteiger partial charge in [0.25, 0.3) is 0 Å². The summed E-state index contributed by atoms with van der Waals surface area (Å²) in [5.74, 6) is 0.288. The van der Waals surface area contributed by atoms with E-state index in [0.717, 1.165) is 31.4 Å². The van der Waals surface area contributed by atoms with Crippen molar-refractivity contribution in [2.75, 3.05) is 5.73 Å². The number of rotatable bonds is 1. The molecule has 0 amide bonds. The summed E-state index contributed by atoms with van der Waals surface area (Å²) in [5.41, 5.74) is 6.05. The van der Waals surface area contributed by atoms with Gasteiger partial charge in [-0.3, -0.25) is 0 Å². The summed E-state index contributed by atoms with van der Waals surface area (Å²) in [6.07, 6.45) is -1.29. The Bertz CT molecular complexity index is 638. The van der Waals surface area contributed by atoms with Crippen molar-refractivity contribution in [2.24, 2.45) is 0 Å². The van der Waals surface area contributed by atoms with Crippen LogP contribution in [0.1, 0.15) is 31.7 Å². The van der Waals surface area contributed by atoms with E-state index in [1.165, 1.54) is 6.07 Å². The molecule has 102 valence electrons. The van der Waals surface area contributed by atoms with Crippen molar-refractivity contribution in [3.63, 3.8) is 0 Å². The summed E-state index contributed by atoms with van der Waals surface area (Å²) in [5, 5.41) is 0. The van der Waals surface area contributed by atoms with E-state index in [-0.39, 0.29) is 11.5 Å². The molecule has 6 heteroatoms. The first-order valence-corrected chi connectivity index (χ1v) is 6.17. The van der Waals surface area contributed by atoms with Crippen LogP contribution in [0.25, 0.3) is 11.0 Å². The number of fused-ring (bicyclic) bond motifs is 1. The molecule has 2 N–H and O–H groups in total. The molecule has 0 radical (unpaired) electrons. The second-order valence-corrected chi connectivity index (χ2v) is 5.36. The van der Waals surface area contributed by atoms with Gasteiger partial charge in [-0.25, -0.2) is 4.98 Å². The van der Waals surface area contributed by atoms with Crippen molar-refractivity contribution >= 4 is 17.0 Å². The second kappa shape index (κ2) is 3.65. The molecule has 0 atom stereocenters. The van der Waals surface area contributed by atoms with E-state index in [1.54, 1.807) is 0 Å². The van der Waals surface area contributed by atoms with Crippen LogP contribution in [0.15, 0.2) is 18.2 Å². The molecular weight excluding hydrogens is 255 g/mol. The fraction of sp³-hybridized carbons (Fsp3) is 0.462. The maximum absolute atomic E-state index is 12.7. The number of aromatic nitrogens is 2. The third-order valence-electron chi connectivity index (χ3n) is 3.98. The molecule has 1 fully saturated rings. The number of hydrogen-bond donors (Lipinski definition) is 1. The van der Waals surface area contributed by atoms with Crippen LogP contribution >= 0.6 is 0 Å². The zero-order valence-electron chi connectivity index (χ0n) is 10.5. The first kappa shape index (κ1) is 12.3. The maximum atomic E-state index is 12.7. The quantitative estimate of drug-likeness (QED) is 0.860.